The Hall–Kier alpha value is -2.68. The van der Waals surface area contributed by atoms with Gasteiger partial charge in [0.2, 0.25) is 5.91 Å². The summed E-state index contributed by atoms with van der Waals surface area (Å²) in [5.74, 6) is 3.10. The van der Waals surface area contributed by atoms with Crippen molar-refractivity contribution in [2.24, 2.45) is 69.3 Å². The smallest absolute Gasteiger partial charge is 0.223 e. The van der Waals surface area contributed by atoms with Gasteiger partial charge in [0, 0.05) is 62.4 Å². The second kappa shape index (κ2) is 25.1. The molecule has 11 N–H and O–H groups in total. The lowest BCUT2D eigenvalue weighted by molar-refractivity contribution is -0.227. The zero-order valence-corrected chi connectivity index (χ0v) is 40.6. The SMILES string of the molecule is C[C@H](CCCN(CCCNCCCN)C(=O)CCC(=O)c1ccc2cc(N)ccc2c1)[C@H]1CC[C@H]2C3[C@H](OCCCN)CC4C[C@H](OCCCN)CC[C@]4(C)[C@H]3C[C@H](OCCCN)[C@]12C. The molecule has 4 fully saturated rings. The fraction of sp³-hybridized carbons (Fsp3) is 0.774. The molecule has 0 heterocycles. The quantitative estimate of drug-likeness (QED) is 0.0290. The molecule has 12 nitrogen and oxygen atoms in total. The summed E-state index contributed by atoms with van der Waals surface area (Å²) < 4.78 is 20.5. The molecule has 0 radical (unpaired) electrons. The first-order valence-electron chi connectivity index (χ1n) is 25.9. The van der Waals surface area contributed by atoms with Crippen LogP contribution >= 0.6 is 0 Å². The van der Waals surface area contributed by atoms with Crippen molar-refractivity contribution in [3.8, 4) is 0 Å². The number of ether oxygens (including phenoxy) is 3. The molecule has 11 atom stereocenters. The van der Waals surface area contributed by atoms with E-state index >= 15 is 0 Å². The highest BCUT2D eigenvalue weighted by Gasteiger charge is 2.66. The molecule has 0 aromatic heterocycles. The van der Waals surface area contributed by atoms with Crippen molar-refractivity contribution in [3.05, 3.63) is 42.0 Å². The standard InChI is InChI=1S/C53H89N7O5/c1-37(10-4-27-60(28-9-26-59-25-5-21-54)50(62)18-17-47(61)40-12-11-39-33-42(58)14-13-38(39)32-40)44-15-16-45-51-46(36-49(53(44,45)3)65-31-8-24-57)52(2)20-19-43(63-29-6-22-55)34-41(52)35-48(51)64-30-7-23-56/h11-14,32-33,37,41,43-46,48-49,51,59H,4-10,15-31,34-36,54-58H2,1-3H3/t37-,41?,43-,44-,45+,46+,48-,49+,51?,52+,53-/m1/s1. The average molecular weight is 904 g/mol. The van der Waals surface area contributed by atoms with Crippen molar-refractivity contribution in [1.82, 2.24) is 10.2 Å². The number of carbonyl (C=O) groups is 2. The largest absolute Gasteiger partial charge is 0.399 e. The van der Waals surface area contributed by atoms with E-state index in [0.717, 1.165) is 108 Å². The van der Waals surface area contributed by atoms with Crippen molar-refractivity contribution < 1.29 is 23.8 Å². The van der Waals surface area contributed by atoms with Gasteiger partial charge in [-0.3, -0.25) is 9.59 Å². The van der Waals surface area contributed by atoms with Gasteiger partial charge in [0.25, 0.3) is 0 Å². The number of nitrogen functional groups attached to an aromatic ring is 1. The minimum atomic E-state index is -0.00869. The molecule has 0 bridgehead atoms. The maximum absolute atomic E-state index is 14.0. The lowest BCUT2D eigenvalue weighted by atomic mass is 9.43. The molecule has 0 spiro atoms. The molecular formula is C53H89N7O5. The Bertz CT molecular complexity index is 1780. The first kappa shape index (κ1) is 51.7. The third-order valence-electron chi connectivity index (χ3n) is 17.0. The fourth-order valence-electron chi connectivity index (χ4n) is 13.5. The molecule has 6 rings (SSSR count). The first-order valence-corrected chi connectivity index (χ1v) is 25.9. The number of rotatable bonds is 28. The van der Waals surface area contributed by atoms with E-state index in [1.807, 2.05) is 41.3 Å². The Morgan fingerprint density at radius 1 is 0.754 bits per heavy atom. The Morgan fingerprint density at radius 2 is 1.43 bits per heavy atom. The molecule has 12 heteroatoms. The highest BCUT2D eigenvalue weighted by Crippen LogP contribution is 2.69. The topological polar surface area (TPSA) is 207 Å². The van der Waals surface area contributed by atoms with E-state index in [2.05, 4.69) is 26.1 Å². The Morgan fingerprint density at radius 3 is 2.18 bits per heavy atom. The number of anilines is 1. The Kier molecular flexibility index (Phi) is 20.0. The van der Waals surface area contributed by atoms with Gasteiger partial charge in [0.1, 0.15) is 0 Å². The summed E-state index contributed by atoms with van der Waals surface area (Å²) in [6, 6.07) is 11.4. The summed E-state index contributed by atoms with van der Waals surface area (Å²) in [7, 11) is 0. The molecule has 4 saturated carbocycles. The molecule has 2 aromatic rings. The maximum atomic E-state index is 14.0. The molecular weight excluding hydrogens is 815 g/mol. The van der Waals surface area contributed by atoms with Crippen LogP contribution in [0, 0.1) is 46.3 Å². The maximum Gasteiger partial charge on any atom is 0.223 e. The van der Waals surface area contributed by atoms with Crippen molar-refractivity contribution in [2.75, 3.05) is 77.9 Å². The molecule has 0 aliphatic heterocycles. The van der Waals surface area contributed by atoms with E-state index in [0.29, 0.717) is 98.7 Å². The second-order valence-corrected chi connectivity index (χ2v) is 21.0. The van der Waals surface area contributed by atoms with Crippen molar-refractivity contribution in [3.63, 3.8) is 0 Å². The van der Waals surface area contributed by atoms with Gasteiger partial charge in [-0.05, 0) is 199 Å². The van der Waals surface area contributed by atoms with Gasteiger partial charge in [-0.1, -0.05) is 39.0 Å². The number of ketones is 1. The van der Waals surface area contributed by atoms with Crippen LogP contribution in [0.1, 0.15) is 134 Å². The van der Waals surface area contributed by atoms with Gasteiger partial charge in [-0.2, -0.15) is 0 Å². The number of hydrogen-bond acceptors (Lipinski definition) is 11. The minimum absolute atomic E-state index is 0.00869. The van der Waals surface area contributed by atoms with Crippen molar-refractivity contribution >= 4 is 28.2 Å². The van der Waals surface area contributed by atoms with Gasteiger partial charge in [-0.25, -0.2) is 0 Å². The molecule has 0 saturated heterocycles. The molecule has 2 aromatic carbocycles. The van der Waals surface area contributed by atoms with Gasteiger partial charge >= 0.3 is 0 Å². The lowest BCUT2D eigenvalue weighted by Gasteiger charge is -2.65. The summed E-state index contributed by atoms with van der Waals surface area (Å²) >= 11 is 0. The highest BCUT2D eigenvalue weighted by molar-refractivity contribution is 6.01. The van der Waals surface area contributed by atoms with Gasteiger partial charge in [0.05, 0.1) is 18.3 Å². The van der Waals surface area contributed by atoms with E-state index in [9.17, 15) is 9.59 Å². The van der Waals surface area contributed by atoms with Crippen molar-refractivity contribution in [1.29, 1.82) is 0 Å². The Labute approximate surface area is 391 Å². The van der Waals surface area contributed by atoms with Crippen LogP contribution in [0.4, 0.5) is 5.69 Å². The van der Waals surface area contributed by atoms with Crippen LogP contribution in [-0.2, 0) is 19.0 Å². The predicted octanol–water partition coefficient (Wildman–Crippen LogP) is 7.04. The lowest BCUT2D eigenvalue weighted by Crippen LogP contribution is -2.63. The minimum Gasteiger partial charge on any atom is -0.399 e. The van der Waals surface area contributed by atoms with Gasteiger partial charge in [-0.15, -0.1) is 0 Å². The monoisotopic (exact) mass is 904 g/mol. The number of Topliss-reactive ketones (excluding diaryl/α,β-unsaturated/α-hetero) is 1. The molecule has 366 valence electrons. The number of hydrogen-bond donors (Lipinski definition) is 6. The van der Waals surface area contributed by atoms with Crippen LogP contribution in [-0.4, -0.2) is 107 Å². The third kappa shape index (κ3) is 12.7. The number of nitrogens with one attached hydrogen (secondary N) is 1. The number of fused-ring (bicyclic) bond motifs is 6. The zero-order valence-electron chi connectivity index (χ0n) is 40.6. The summed E-state index contributed by atoms with van der Waals surface area (Å²) in [5, 5.41) is 5.45. The summed E-state index contributed by atoms with van der Waals surface area (Å²) in [5.41, 5.74) is 31.2. The second-order valence-electron chi connectivity index (χ2n) is 21.0. The van der Waals surface area contributed by atoms with E-state index in [1.54, 1.807) is 0 Å². The van der Waals surface area contributed by atoms with E-state index < -0.39 is 0 Å². The fourth-order valence-corrected chi connectivity index (χ4v) is 13.5. The number of amides is 1. The van der Waals surface area contributed by atoms with E-state index in [-0.39, 0.29) is 47.6 Å². The van der Waals surface area contributed by atoms with Crippen LogP contribution in [0.3, 0.4) is 0 Å². The van der Waals surface area contributed by atoms with Crippen LogP contribution in [0.5, 0.6) is 0 Å². The zero-order chi connectivity index (χ0) is 46.4. The highest BCUT2D eigenvalue weighted by atomic mass is 16.5. The van der Waals surface area contributed by atoms with E-state index in [1.165, 1.54) is 19.3 Å². The van der Waals surface area contributed by atoms with Crippen molar-refractivity contribution in [2.45, 2.75) is 142 Å². The number of nitrogens with two attached hydrogens (primary N) is 5. The molecule has 4 aliphatic carbocycles. The Balaban J connectivity index is 1.14. The normalized spacial score (nSPS) is 30.1. The number of carbonyl (C=O) groups excluding carboxylic acids is 2. The van der Waals surface area contributed by atoms with Gasteiger partial charge < -0.3 is 53.1 Å². The van der Waals surface area contributed by atoms with Gasteiger partial charge in [0.15, 0.2) is 5.78 Å². The summed E-state index contributed by atoms with van der Waals surface area (Å²) in [4.78, 5) is 29.4. The van der Waals surface area contributed by atoms with Crippen LogP contribution in [0.2, 0.25) is 0 Å². The van der Waals surface area contributed by atoms with Crippen LogP contribution in [0.25, 0.3) is 10.8 Å². The summed E-state index contributed by atoms with van der Waals surface area (Å²) in [6.07, 6.45) is 15.4. The molecule has 65 heavy (non-hydrogen) atoms. The average Bonchev–Trinajstić information content (AvgIpc) is 3.66. The number of nitrogens with zero attached hydrogens (tertiary/aromatic N) is 1. The van der Waals surface area contributed by atoms with Crippen LogP contribution < -0.4 is 34.0 Å². The molecule has 2 unspecified atom stereocenters. The van der Waals surface area contributed by atoms with E-state index in [4.69, 9.17) is 42.9 Å². The molecule has 4 aliphatic rings. The molecule has 1 amide bonds. The first-order chi connectivity index (χ1) is 31.5. The summed E-state index contributed by atoms with van der Waals surface area (Å²) in [6.45, 7) is 15.5. The number of benzene rings is 2. The van der Waals surface area contributed by atoms with Crippen LogP contribution in [0.15, 0.2) is 36.4 Å². The third-order valence-corrected chi connectivity index (χ3v) is 17.0. The predicted molar refractivity (Wildman–Crippen MR) is 264 cm³/mol.